The lowest BCUT2D eigenvalue weighted by atomic mass is 9.88. The minimum Gasteiger partial charge on any atom is -0.484 e. The molecule has 3 nitrogen and oxygen atoms in total. The molecule has 0 radical (unpaired) electrons. The molecule has 1 aliphatic carbocycles. The van der Waals surface area contributed by atoms with Crippen LogP contribution in [0, 0.1) is 5.92 Å². The lowest BCUT2D eigenvalue weighted by Crippen LogP contribution is -2.24. The van der Waals surface area contributed by atoms with Gasteiger partial charge in [0.1, 0.15) is 11.9 Å². The summed E-state index contributed by atoms with van der Waals surface area (Å²) in [5.74, 6) is 0.936. The molecule has 0 amide bonds. The van der Waals surface area contributed by atoms with Gasteiger partial charge in [-0.15, -0.1) is 0 Å². The third kappa shape index (κ3) is 2.56. The number of allylic oxidation sites excluding steroid dienone is 1. The van der Waals surface area contributed by atoms with Gasteiger partial charge in [0.05, 0.1) is 7.11 Å². The van der Waals surface area contributed by atoms with E-state index in [0.29, 0.717) is 12.3 Å². The number of benzene rings is 1. The van der Waals surface area contributed by atoms with Gasteiger partial charge in [-0.3, -0.25) is 0 Å². The Labute approximate surface area is 131 Å². The summed E-state index contributed by atoms with van der Waals surface area (Å²) in [6.45, 7) is 2.20. The summed E-state index contributed by atoms with van der Waals surface area (Å²) in [6.07, 6.45) is 8.23. The highest BCUT2D eigenvalue weighted by molar-refractivity contribution is 6.00. The van der Waals surface area contributed by atoms with E-state index in [1.807, 2.05) is 24.3 Å². The van der Waals surface area contributed by atoms with Crippen LogP contribution in [0.3, 0.4) is 0 Å². The van der Waals surface area contributed by atoms with Gasteiger partial charge in [-0.25, -0.2) is 4.79 Å². The average molecular weight is 298 g/mol. The normalized spacial score (nSPS) is 22.6. The molecule has 0 N–H and O–H groups in total. The van der Waals surface area contributed by atoms with E-state index in [1.165, 1.54) is 7.11 Å². The first kappa shape index (κ1) is 14.9. The van der Waals surface area contributed by atoms with E-state index in [1.54, 1.807) is 0 Å². The predicted molar refractivity (Wildman–Crippen MR) is 86.6 cm³/mol. The van der Waals surface area contributed by atoms with Crippen LogP contribution in [0.25, 0.3) is 5.57 Å². The molecule has 22 heavy (non-hydrogen) atoms. The SMILES string of the molecule is CCCC[C@H]1C=CCC(C(=O)OC)=C2c3ccccc3O[C@@H]21. The smallest absolute Gasteiger partial charge is 0.334 e. The summed E-state index contributed by atoms with van der Waals surface area (Å²) in [5, 5.41) is 0. The molecule has 1 aliphatic heterocycles. The van der Waals surface area contributed by atoms with Gasteiger partial charge in [0, 0.05) is 22.6 Å². The standard InChI is InChI=1S/C19H22O3/c1-3-4-8-13-9-7-11-15(19(20)21-2)17-14-10-5-6-12-16(14)22-18(13)17/h5-7,9-10,12-13,18H,3-4,8,11H2,1-2H3/t13-,18+/m0/s1. The number of hydrogen-bond acceptors (Lipinski definition) is 3. The minimum absolute atomic E-state index is 0.0724. The van der Waals surface area contributed by atoms with Crippen molar-refractivity contribution >= 4 is 11.5 Å². The monoisotopic (exact) mass is 298 g/mol. The Bertz CT molecular complexity index is 627. The van der Waals surface area contributed by atoms with Gasteiger partial charge in [0.25, 0.3) is 0 Å². The molecule has 2 atom stereocenters. The minimum atomic E-state index is -0.249. The molecule has 0 saturated carbocycles. The van der Waals surface area contributed by atoms with Gasteiger partial charge in [-0.1, -0.05) is 50.1 Å². The van der Waals surface area contributed by atoms with Gasteiger partial charge >= 0.3 is 5.97 Å². The zero-order valence-electron chi connectivity index (χ0n) is 13.2. The zero-order chi connectivity index (χ0) is 15.5. The highest BCUT2D eigenvalue weighted by Gasteiger charge is 2.38. The number of unbranched alkanes of at least 4 members (excludes halogenated alkanes) is 1. The quantitative estimate of drug-likeness (QED) is 0.619. The number of hydrogen-bond donors (Lipinski definition) is 0. The summed E-state index contributed by atoms with van der Waals surface area (Å²) < 4.78 is 11.2. The van der Waals surface area contributed by atoms with Crippen molar-refractivity contribution in [1.29, 1.82) is 0 Å². The van der Waals surface area contributed by atoms with Crippen molar-refractivity contribution in [2.75, 3.05) is 7.11 Å². The van der Waals surface area contributed by atoms with Gasteiger partial charge in [0.2, 0.25) is 0 Å². The number of para-hydroxylation sites is 1. The molecule has 1 heterocycles. The van der Waals surface area contributed by atoms with E-state index in [9.17, 15) is 4.79 Å². The molecule has 1 aromatic rings. The molecule has 0 unspecified atom stereocenters. The van der Waals surface area contributed by atoms with Gasteiger partial charge in [0.15, 0.2) is 0 Å². The van der Waals surface area contributed by atoms with Crippen molar-refractivity contribution in [3.8, 4) is 5.75 Å². The van der Waals surface area contributed by atoms with E-state index in [0.717, 1.165) is 41.7 Å². The molecule has 0 bridgehead atoms. The molecule has 3 heteroatoms. The van der Waals surface area contributed by atoms with Crippen LogP contribution < -0.4 is 4.74 Å². The van der Waals surface area contributed by atoms with Crippen LogP contribution in [0.2, 0.25) is 0 Å². The summed E-state index contributed by atoms with van der Waals surface area (Å²) >= 11 is 0. The number of esters is 1. The van der Waals surface area contributed by atoms with Crippen LogP contribution in [-0.4, -0.2) is 19.2 Å². The van der Waals surface area contributed by atoms with Crippen LogP contribution in [0.15, 0.2) is 42.0 Å². The third-order valence-corrected chi connectivity index (χ3v) is 4.46. The van der Waals surface area contributed by atoms with E-state index in [4.69, 9.17) is 9.47 Å². The summed E-state index contributed by atoms with van der Waals surface area (Å²) in [6, 6.07) is 7.98. The second-order valence-electron chi connectivity index (χ2n) is 5.86. The molecule has 0 fully saturated rings. The fourth-order valence-electron chi connectivity index (χ4n) is 3.35. The summed E-state index contributed by atoms with van der Waals surface area (Å²) in [4.78, 5) is 12.2. The number of methoxy groups -OCH3 is 1. The zero-order valence-corrected chi connectivity index (χ0v) is 13.2. The Kier molecular flexibility index (Phi) is 4.32. The highest BCUT2D eigenvalue weighted by atomic mass is 16.5. The first-order valence-corrected chi connectivity index (χ1v) is 8.00. The topological polar surface area (TPSA) is 35.5 Å². The van der Waals surface area contributed by atoms with E-state index in [-0.39, 0.29) is 12.1 Å². The summed E-state index contributed by atoms with van der Waals surface area (Å²) in [5.41, 5.74) is 2.79. The Balaban J connectivity index is 2.07. The molecule has 1 aromatic carbocycles. The molecule has 116 valence electrons. The van der Waals surface area contributed by atoms with E-state index < -0.39 is 0 Å². The number of rotatable bonds is 4. The van der Waals surface area contributed by atoms with Gasteiger partial charge in [-0.05, 0) is 18.9 Å². The molecule has 0 aromatic heterocycles. The predicted octanol–water partition coefficient (Wildman–Crippen LogP) is 4.14. The first-order chi connectivity index (χ1) is 10.8. The van der Waals surface area contributed by atoms with Gasteiger partial charge in [-0.2, -0.15) is 0 Å². The van der Waals surface area contributed by atoms with Crippen molar-refractivity contribution in [2.45, 2.75) is 38.7 Å². The second-order valence-corrected chi connectivity index (χ2v) is 5.86. The number of carbonyl (C=O) groups is 1. The fraction of sp³-hybridized carbons (Fsp3) is 0.421. The van der Waals surface area contributed by atoms with Crippen molar-refractivity contribution in [3.05, 3.63) is 47.6 Å². The van der Waals surface area contributed by atoms with Crippen LogP contribution in [-0.2, 0) is 9.53 Å². The Hall–Kier alpha value is -2.03. The van der Waals surface area contributed by atoms with Crippen LogP contribution in [0.1, 0.15) is 38.2 Å². The largest absolute Gasteiger partial charge is 0.484 e. The summed E-state index contributed by atoms with van der Waals surface area (Å²) in [7, 11) is 1.44. The Morgan fingerprint density at radius 1 is 1.36 bits per heavy atom. The maximum absolute atomic E-state index is 12.2. The molecule has 0 spiro atoms. The average Bonchev–Trinajstić information content (AvgIpc) is 2.83. The van der Waals surface area contributed by atoms with Crippen molar-refractivity contribution in [3.63, 3.8) is 0 Å². The lowest BCUT2D eigenvalue weighted by Gasteiger charge is -2.21. The number of ether oxygens (including phenoxy) is 2. The Morgan fingerprint density at radius 3 is 2.95 bits per heavy atom. The molecular weight excluding hydrogens is 276 g/mol. The second kappa shape index (κ2) is 6.39. The molecular formula is C19H22O3. The fourth-order valence-corrected chi connectivity index (χ4v) is 3.35. The van der Waals surface area contributed by atoms with Crippen molar-refractivity contribution in [1.82, 2.24) is 0 Å². The Morgan fingerprint density at radius 2 is 2.18 bits per heavy atom. The van der Waals surface area contributed by atoms with Crippen LogP contribution >= 0.6 is 0 Å². The number of fused-ring (bicyclic) bond motifs is 3. The first-order valence-electron chi connectivity index (χ1n) is 8.00. The van der Waals surface area contributed by atoms with E-state index >= 15 is 0 Å². The van der Waals surface area contributed by atoms with E-state index in [2.05, 4.69) is 19.1 Å². The molecule has 0 saturated heterocycles. The highest BCUT2D eigenvalue weighted by Crippen LogP contribution is 2.45. The van der Waals surface area contributed by atoms with Crippen LogP contribution in [0.4, 0.5) is 0 Å². The van der Waals surface area contributed by atoms with Gasteiger partial charge < -0.3 is 9.47 Å². The lowest BCUT2D eigenvalue weighted by molar-refractivity contribution is -0.136. The number of carbonyl (C=O) groups excluding carboxylic acids is 1. The van der Waals surface area contributed by atoms with Crippen molar-refractivity contribution < 1.29 is 14.3 Å². The molecule has 2 aliphatic rings. The molecule has 3 rings (SSSR count). The maximum Gasteiger partial charge on any atom is 0.334 e. The maximum atomic E-state index is 12.2. The van der Waals surface area contributed by atoms with Crippen molar-refractivity contribution in [2.24, 2.45) is 5.92 Å². The van der Waals surface area contributed by atoms with Crippen LogP contribution in [0.5, 0.6) is 5.75 Å². The third-order valence-electron chi connectivity index (χ3n) is 4.46.